The van der Waals surface area contributed by atoms with Crippen molar-refractivity contribution in [3.05, 3.63) is 65.9 Å². The maximum absolute atomic E-state index is 13.0. The first-order chi connectivity index (χ1) is 14.7. The van der Waals surface area contributed by atoms with Crippen LogP contribution in [0.5, 0.6) is 0 Å². The molecule has 0 bridgehead atoms. The van der Waals surface area contributed by atoms with Crippen molar-refractivity contribution >= 4 is 33.0 Å². The van der Waals surface area contributed by atoms with Crippen LogP contribution in [-0.2, 0) is 26.2 Å². The van der Waals surface area contributed by atoms with Crippen LogP contribution in [0.4, 0.5) is 5.69 Å². The molecule has 8 nitrogen and oxygen atoms in total. The third-order valence-electron chi connectivity index (χ3n) is 5.21. The first kappa shape index (κ1) is 21.4. The van der Waals surface area contributed by atoms with Gasteiger partial charge >= 0.3 is 5.97 Å². The van der Waals surface area contributed by atoms with Gasteiger partial charge in [-0.2, -0.15) is 4.72 Å². The molecular formula is C21H21N3O5S2. The second-order valence-electron chi connectivity index (χ2n) is 7.41. The predicted octanol–water partition coefficient (Wildman–Crippen LogP) is 2.83. The van der Waals surface area contributed by atoms with Crippen LogP contribution in [0, 0.1) is 0 Å². The Morgan fingerprint density at radius 2 is 2.13 bits per heavy atom. The lowest BCUT2D eigenvalue weighted by atomic mass is 10.0. The number of nitrogens with one attached hydrogen (secondary N) is 1. The van der Waals surface area contributed by atoms with E-state index in [4.69, 9.17) is 10.5 Å². The highest BCUT2D eigenvalue weighted by atomic mass is 32.2. The van der Waals surface area contributed by atoms with Crippen LogP contribution < -0.4 is 10.5 Å². The Hall–Kier alpha value is -2.79. The molecule has 1 aliphatic rings. The van der Waals surface area contributed by atoms with Crippen molar-refractivity contribution in [1.29, 1.82) is 0 Å². The second-order valence-corrected chi connectivity index (χ2v) is 10.4. The van der Waals surface area contributed by atoms with E-state index in [2.05, 4.69) is 9.71 Å². The van der Waals surface area contributed by atoms with Gasteiger partial charge in [0.25, 0.3) is 10.0 Å². The van der Waals surface area contributed by atoms with Crippen LogP contribution in [0.3, 0.4) is 0 Å². The van der Waals surface area contributed by atoms with Gasteiger partial charge in [0.15, 0.2) is 0 Å². The lowest BCUT2D eigenvalue weighted by Gasteiger charge is -2.15. The Labute approximate surface area is 183 Å². The summed E-state index contributed by atoms with van der Waals surface area (Å²) >= 11 is 1.02. The minimum Gasteiger partial charge on any atom is -0.480 e. The molecule has 2 atom stereocenters. The van der Waals surface area contributed by atoms with Crippen molar-refractivity contribution in [2.24, 2.45) is 0 Å². The number of methoxy groups -OCH3 is 1. The molecule has 31 heavy (non-hydrogen) atoms. The van der Waals surface area contributed by atoms with Gasteiger partial charge in [0.05, 0.1) is 29.1 Å². The molecule has 0 amide bonds. The molecule has 0 saturated heterocycles. The first-order valence-corrected chi connectivity index (χ1v) is 11.7. The van der Waals surface area contributed by atoms with Gasteiger partial charge in [-0.05, 0) is 41.8 Å². The summed E-state index contributed by atoms with van der Waals surface area (Å²) in [5.74, 6) is -1.66. The molecule has 1 aromatic carbocycles. The van der Waals surface area contributed by atoms with E-state index in [0.717, 1.165) is 22.5 Å². The number of carboxylic acids is 1. The van der Waals surface area contributed by atoms with E-state index in [-0.39, 0.29) is 10.6 Å². The number of aliphatic carboxylic acids is 1. The number of benzene rings is 1. The molecule has 162 valence electrons. The zero-order chi connectivity index (χ0) is 22.2. The third kappa shape index (κ3) is 4.19. The summed E-state index contributed by atoms with van der Waals surface area (Å²) in [6.07, 6.45) is 1.67. The van der Waals surface area contributed by atoms with Crippen molar-refractivity contribution in [2.45, 2.75) is 28.7 Å². The molecule has 4 rings (SSSR count). The number of nitrogens with zero attached hydrogens (tertiary/aromatic N) is 1. The molecule has 2 unspecified atom stereocenters. The van der Waals surface area contributed by atoms with Gasteiger partial charge < -0.3 is 15.6 Å². The normalized spacial score (nSPS) is 20.5. The fourth-order valence-electron chi connectivity index (χ4n) is 3.57. The second kappa shape index (κ2) is 8.04. The number of aromatic nitrogens is 1. The van der Waals surface area contributed by atoms with Gasteiger partial charge in [-0.1, -0.05) is 24.3 Å². The maximum Gasteiger partial charge on any atom is 0.325 e. The monoisotopic (exact) mass is 459 g/mol. The summed E-state index contributed by atoms with van der Waals surface area (Å²) < 4.78 is 33.6. The van der Waals surface area contributed by atoms with Crippen molar-refractivity contribution in [2.75, 3.05) is 12.8 Å². The fourth-order valence-corrected chi connectivity index (χ4v) is 6.26. The topological polar surface area (TPSA) is 132 Å². The highest BCUT2D eigenvalue weighted by molar-refractivity contribution is 7.91. The van der Waals surface area contributed by atoms with Crippen LogP contribution in [0.1, 0.15) is 23.5 Å². The fraction of sp³-hybridized carbons (Fsp3) is 0.238. The Bertz CT molecular complexity index is 1220. The molecule has 1 fully saturated rings. The zero-order valence-corrected chi connectivity index (χ0v) is 18.2. The SMILES string of the molecule is COCc1cccc(C2CC2(NS(=O)(=O)c2ccc(-c3ccc(N)cn3)s2)C(=O)O)c1. The number of anilines is 1. The molecule has 0 radical (unpaired) electrons. The minimum atomic E-state index is -4.05. The Morgan fingerprint density at radius 3 is 2.81 bits per heavy atom. The van der Waals surface area contributed by atoms with Crippen molar-refractivity contribution < 1.29 is 23.1 Å². The van der Waals surface area contributed by atoms with Crippen LogP contribution in [0.2, 0.25) is 0 Å². The summed E-state index contributed by atoms with van der Waals surface area (Å²) in [4.78, 5) is 16.9. The smallest absolute Gasteiger partial charge is 0.325 e. The number of rotatable bonds is 8. The highest BCUT2D eigenvalue weighted by Crippen LogP contribution is 2.52. The quantitative estimate of drug-likeness (QED) is 0.472. The molecule has 1 saturated carbocycles. The number of thiophene rings is 1. The number of carboxylic acid groups (broad SMARTS) is 1. The van der Waals surface area contributed by atoms with Gasteiger partial charge in [0, 0.05) is 13.0 Å². The molecule has 2 aromatic heterocycles. The van der Waals surface area contributed by atoms with Crippen LogP contribution in [-0.4, -0.2) is 37.1 Å². The van der Waals surface area contributed by atoms with Gasteiger partial charge in [0.2, 0.25) is 0 Å². The molecule has 1 aliphatic carbocycles. The summed E-state index contributed by atoms with van der Waals surface area (Å²) in [5.41, 5.74) is 6.82. The van der Waals surface area contributed by atoms with Crippen molar-refractivity contribution in [3.63, 3.8) is 0 Å². The molecule has 0 spiro atoms. The van der Waals surface area contributed by atoms with Gasteiger partial charge in [-0.3, -0.25) is 9.78 Å². The van der Waals surface area contributed by atoms with Gasteiger partial charge in [-0.15, -0.1) is 11.3 Å². The lowest BCUT2D eigenvalue weighted by molar-refractivity contribution is -0.140. The zero-order valence-electron chi connectivity index (χ0n) is 16.6. The van der Waals surface area contributed by atoms with Gasteiger partial charge in [-0.25, -0.2) is 8.42 Å². The standard InChI is InChI=1S/C21H21N3O5S2/c1-29-12-13-3-2-4-14(9-13)16-10-21(16,20(25)26)24-31(27,28)19-8-7-18(30-19)17-6-5-15(22)11-23-17/h2-9,11,16,24H,10,12,22H2,1H3,(H,25,26). The Balaban J connectivity index is 1.58. The van der Waals surface area contributed by atoms with Crippen LogP contribution in [0.15, 0.2) is 58.9 Å². The molecule has 0 aliphatic heterocycles. The van der Waals surface area contributed by atoms with E-state index < -0.39 is 27.4 Å². The van der Waals surface area contributed by atoms with E-state index in [1.165, 1.54) is 12.3 Å². The van der Waals surface area contributed by atoms with Crippen LogP contribution >= 0.6 is 11.3 Å². The summed E-state index contributed by atoms with van der Waals surface area (Å²) in [6.45, 7) is 0.392. The number of nitrogens with two attached hydrogens (primary N) is 1. The summed E-state index contributed by atoms with van der Waals surface area (Å²) in [5, 5.41) is 9.86. The molecule has 2 heterocycles. The number of hydrogen-bond acceptors (Lipinski definition) is 7. The largest absolute Gasteiger partial charge is 0.480 e. The van der Waals surface area contributed by atoms with Crippen LogP contribution in [0.25, 0.3) is 10.6 Å². The lowest BCUT2D eigenvalue weighted by Crippen LogP contribution is -2.44. The average Bonchev–Trinajstić information content (AvgIpc) is 3.22. The number of carbonyl (C=O) groups is 1. The first-order valence-electron chi connectivity index (χ1n) is 9.42. The average molecular weight is 460 g/mol. The highest BCUT2D eigenvalue weighted by Gasteiger charge is 2.63. The van der Waals surface area contributed by atoms with E-state index in [1.54, 1.807) is 31.4 Å². The molecule has 3 aromatic rings. The van der Waals surface area contributed by atoms with E-state index in [0.29, 0.717) is 22.9 Å². The summed E-state index contributed by atoms with van der Waals surface area (Å²) in [6, 6.07) is 13.8. The van der Waals surface area contributed by atoms with Gasteiger partial charge in [0.1, 0.15) is 9.75 Å². The van der Waals surface area contributed by atoms with E-state index >= 15 is 0 Å². The third-order valence-corrected chi connectivity index (χ3v) is 8.32. The maximum atomic E-state index is 13.0. The molecular weight excluding hydrogens is 438 g/mol. The number of nitrogen functional groups attached to an aromatic ring is 1. The number of pyridine rings is 1. The number of sulfonamides is 1. The molecule has 10 heteroatoms. The number of ether oxygens (including phenoxy) is 1. The number of hydrogen-bond donors (Lipinski definition) is 3. The Kier molecular flexibility index (Phi) is 5.56. The summed E-state index contributed by atoms with van der Waals surface area (Å²) in [7, 11) is -2.47. The van der Waals surface area contributed by atoms with Crippen molar-refractivity contribution in [3.8, 4) is 10.6 Å². The van der Waals surface area contributed by atoms with Crippen molar-refractivity contribution in [1.82, 2.24) is 9.71 Å². The van der Waals surface area contributed by atoms with E-state index in [1.807, 2.05) is 18.2 Å². The predicted molar refractivity (Wildman–Crippen MR) is 117 cm³/mol. The molecule has 4 N–H and O–H groups in total. The Morgan fingerprint density at radius 1 is 1.32 bits per heavy atom. The minimum absolute atomic E-state index is 0.0283. The van der Waals surface area contributed by atoms with E-state index in [9.17, 15) is 18.3 Å².